The van der Waals surface area contributed by atoms with E-state index < -0.39 is 6.29 Å². The smallest absolute Gasteiger partial charge is 0.220 e. The van der Waals surface area contributed by atoms with Crippen molar-refractivity contribution in [2.45, 2.75) is 6.29 Å². The molecule has 0 bridgehead atoms. The summed E-state index contributed by atoms with van der Waals surface area (Å²) in [5, 5.41) is 3.93. The Kier molecular flexibility index (Phi) is 2.93. The molecule has 0 N–H and O–H groups in total. The fourth-order valence-corrected chi connectivity index (χ4v) is 2.86. The molecule has 0 saturated carbocycles. The van der Waals surface area contributed by atoms with E-state index in [2.05, 4.69) is 0 Å². The number of carbonyl (C=O) groups is 1. The zero-order valence-electron chi connectivity index (χ0n) is 11.1. The average molecular weight is 280 g/mol. The van der Waals surface area contributed by atoms with Crippen LogP contribution in [0.2, 0.25) is 0 Å². The number of benzene rings is 3. The van der Waals surface area contributed by atoms with Crippen molar-refractivity contribution in [1.29, 1.82) is 0 Å². The predicted molar refractivity (Wildman–Crippen MR) is 77.7 cm³/mol. The van der Waals surface area contributed by atoms with Crippen LogP contribution in [0.5, 0.6) is 0 Å². The van der Waals surface area contributed by atoms with Gasteiger partial charge in [0.1, 0.15) is 0 Å². The standard InChI is InChI=1S/C17H12O4/c18-9-13-5-1-3-11-7-8-12-4-2-6-14(16(12)15(11)13)17-19-10-20-21-17/h1-9,17H,10H2. The van der Waals surface area contributed by atoms with Crippen LogP contribution in [-0.4, -0.2) is 13.1 Å². The van der Waals surface area contributed by atoms with Crippen LogP contribution < -0.4 is 0 Å². The summed E-state index contributed by atoms with van der Waals surface area (Å²) in [5.41, 5.74) is 1.52. The topological polar surface area (TPSA) is 44.8 Å². The first-order valence-corrected chi connectivity index (χ1v) is 6.68. The first-order chi connectivity index (χ1) is 10.4. The van der Waals surface area contributed by atoms with Crippen molar-refractivity contribution in [2.75, 3.05) is 6.79 Å². The number of fused-ring (bicyclic) bond motifs is 3. The Morgan fingerprint density at radius 2 is 1.71 bits per heavy atom. The van der Waals surface area contributed by atoms with Gasteiger partial charge in [-0.1, -0.05) is 48.5 Å². The Labute approximate surface area is 120 Å². The Bertz CT molecular complexity index is 835. The Hall–Kier alpha value is -2.27. The number of aldehydes is 1. The molecule has 0 amide bonds. The van der Waals surface area contributed by atoms with Crippen LogP contribution in [0.25, 0.3) is 21.5 Å². The monoisotopic (exact) mass is 280 g/mol. The van der Waals surface area contributed by atoms with Crippen molar-refractivity contribution in [1.82, 2.24) is 0 Å². The molecule has 4 heteroatoms. The largest absolute Gasteiger partial charge is 0.316 e. The fraction of sp³-hybridized carbons (Fsp3) is 0.118. The van der Waals surface area contributed by atoms with Crippen LogP contribution in [0.4, 0.5) is 0 Å². The third-order valence-electron chi connectivity index (χ3n) is 3.75. The van der Waals surface area contributed by atoms with E-state index in [9.17, 15) is 4.79 Å². The normalized spacial score (nSPS) is 18.4. The van der Waals surface area contributed by atoms with Crippen molar-refractivity contribution in [2.24, 2.45) is 0 Å². The molecule has 4 nitrogen and oxygen atoms in total. The van der Waals surface area contributed by atoms with Crippen LogP contribution in [0, 0.1) is 0 Å². The molecular weight excluding hydrogens is 268 g/mol. The molecule has 1 heterocycles. The molecule has 1 unspecified atom stereocenters. The van der Waals surface area contributed by atoms with Crippen molar-refractivity contribution >= 4 is 27.8 Å². The Balaban J connectivity index is 2.14. The van der Waals surface area contributed by atoms with E-state index in [0.717, 1.165) is 33.4 Å². The van der Waals surface area contributed by atoms with E-state index in [1.165, 1.54) is 0 Å². The molecule has 104 valence electrons. The third kappa shape index (κ3) is 1.93. The fourth-order valence-electron chi connectivity index (χ4n) is 2.86. The first kappa shape index (κ1) is 12.5. The second-order valence-corrected chi connectivity index (χ2v) is 4.90. The summed E-state index contributed by atoms with van der Waals surface area (Å²) in [4.78, 5) is 21.4. The van der Waals surface area contributed by atoms with Crippen LogP contribution >= 0.6 is 0 Å². The maximum atomic E-state index is 11.4. The van der Waals surface area contributed by atoms with Gasteiger partial charge in [0.2, 0.25) is 6.29 Å². The lowest BCUT2D eigenvalue weighted by Gasteiger charge is -2.13. The second kappa shape index (κ2) is 4.93. The quantitative estimate of drug-likeness (QED) is 0.407. The van der Waals surface area contributed by atoms with Gasteiger partial charge >= 0.3 is 0 Å². The Morgan fingerprint density at radius 3 is 2.43 bits per heavy atom. The van der Waals surface area contributed by atoms with E-state index in [4.69, 9.17) is 14.5 Å². The molecule has 1 fully saturated rings. The molecule has 21 heavy (non-hydrogen) atoms. The number of rotatable bonds is 2. The lowest BCUT2D eigenvalue weighted by molar-refractivity contribution is -0.279. The van der Waals surface area contributed by atoms with Gasteiger partial charge in [-0.15, -0.1) is 0 Å². The van der Waals surface area contributed by atoms with Gasteiger partial charge in [0.15, 0.2) is 13.1 Å². The van der Waals surface area contributed by atoms with Crippen molar-refractivity contribution in [3.05, 3.63) is 59.7 Å². The highest BCUT2D eigenvalue weighted by Crippen LogP contribution is 2.36. The lowest BCUT2D eigenvalue weighted by atomic mass is 9.94. The van der Waals surface area contributed by atoms with Crippen LogP contribution in [0.1, 0.15) is 22.2 Å². The molecule has 1 aliphatic rings. The number of ether oxygens (including phenoxy) is 1. The SMILES string of the molecule is O=Cc1cccc2ccc3cccc(C4OCOO4)c3c12. The summed E-state index contributed by atoms with van der Waals surface area (Å²) in [7, 11) is 0. The summed E-state index contributed by atoms with van der Waals surface area (Å²) in [6, 6.07) is 15.6. The van der Waals surface area contributed by atoms with Gasteiger partial charge in [-0.25, -0.2) is 4.89 Å². The van der Waals surface area contributed by atoms with Crippen molar-refractivity contribution < 1.29 is 19.3 Å². The molecule has 3 aromatic rings. The van der Waals surface area contributed by atoms with Crippen LogP contribution in [-0.2, 0) is 14.5 Å². The van der Waals surface area contributed by atoms with Gasteiger partial charge < -0.3 is 4.74 Å². The molecule has 1 saturated heterocycles. The van der Waals surface area contributed by atoms with Crippen molar-refractivity contribution in [3.63, 3.8) is 0 Å². The van der Waals surface area contributed by atoms with Gasteiger partial charge in [0.05, 0.1) is 0 Å². The first-order valence-electron chi connectivity index (χ1n) is 6.68. The van der Waals surface area contributed by atoms with Gasteiger partial charge in [-0.05, 0) is 16.2 Å². The zero-order chi connectivity index (χ0) is 14.2. The summed E-state index contributed by atoms with van der Waals surface area (Å²) in [5.74, 6) is 0. The van der Waals surface area contributed by atoms with E-state index in [1.54, 1.807) is 0 Å². The number of carbonyl (C=O) groups excluding carboxylic acids is 1. The minimum absolute atomic E-state index is 0.104. The Morgan fingerprint density at radius 1 is 0.952 bits per heavy atom. The molecule has 3 aromatic carbocycles. The molecule has 0 aromatic heterocycles. The van der Waals surface area contributed by atoms with Gasteiger partial charge in [-0.2, -0.15) is 4.89 Å². The highest BCUT2D eigenvalue weighted by molar-refractivity contribution is 6.15. The average Bonchev–Trinajstić information content (AvgIpc) is 3.07. The highest BCUT2D eigenvalue weighted by Gasteiger charge is 2.23. The minimum atomic E-state index is -0.570. The van der Waals surface area contributed by atoms with Crippen molar-refractivity contribution in [3.8, 4) is 0 Å². The molecule has 4 rings (SSSR count). The molecule has 0 radical (unpaired) electrons. The van der Waals surface area contributed by atoms with Gasteiger partial charge in [-0.3, -0.25) is 4.79 Å². The molecule has 1 atom stereocenters. The van der Waals surface area contributed by atoms with E-state index in [1.807, 2.05) is 48.5 Å². The van der Waals surface area contributed by atoms with E-state index >= 15 is 0 Å². The summed E-state index contributed by atoms with van der Waals surface area (Å²) >= 11 is 0. The van der Waals surface area contributed by atoms with Crippen LogP contribution in [0.15, 0.2) is 48.5 Å². The maximum absolute atomic E-state index is 11.4. The van der Waals surface area contributed by atoms with E-state index in [-0.39, 0.29) is 6.79 Å². The third-order valence-corrected chi connectivity index (χ3v) is 3.75. The molecule has 0 aliphatic carbocycles. The zero-order valence-corrected chi connectivity index (χ0v) is 11.1. The summed E-state index contributed by atoms with van der Waals surface area (Å²) < 4.78 is 5.44. The minimum Gasteiger partial charge on any atom is -0.316 e. The summed E-state index contributed by atoms with van der Waals surface area (Å²) in [6.45, 7) is 0.104. The molecular formula is C17H12O4. The number of hydrogen-bond acceptors (Lipinski definition) is 4. The van der Waals surface area contributed by atoms with E-state index in [0.29, 0.717) is 5.56 Å². The predicted octanol–water partition coefficient (Wildman–Crippen LogP) is 3.74. The lowest BCUT2D eigenvalue weighted by Crippen LogP contribution is -2.00. The number of hydrogen-bond donors (Lipinski definition) is 0. The van der Waals surface area contributed by atoms with Crippen LogP contribution in [0.3, 0.4) is 0 Å². The van der Waals surface area contributed by atoms with Gasteiger partial charge in [0, 0.05) is 16.5 Å². The maximum Gasteiger partial charge on any atom is 0.220 e. The van der Waals surface area contributed by atoms with Gasteiger partial charge in [0.25, 0.3) is 0 Å². The molecule has 0 spiro atoms. The highest BCUT2D eigenvalue weighted by atomic mass is 17.3. The summed E-state index contributed by atoms with van der Waals surface area (Å²) in [6.07, 6.45) is 0.310. The second-order valence-electron chi connectivity index (χ2n) is 4.90. The molecule has 1 aliphatic heterocycles.